The van der Waals surface area contributed by atoms with E-state index in [0.717, 1.165) is 36.2 Å². The minimum absolute atomic E-state index is 0.184. The molecule has 1 heterocycles. The molecule has 23 heavy (non-hydrogen) atoms. The van der Waals surface area contributed by atoms with E-state index in [2.05, 4.69) is 40.0 Å². The summed E-state index contributed by atoms with van der Waals surface area (Å²) in [6.45, 7) is 6.67. The lowest BCUT2D eigenvalue weighted by Gasteiger charge is -2.28. The van der Waals surface area contributed by atoms with E-state index in [4.69, 9.17) is 17.0 Å². The van der Waals surface area contributed by atoms with Crippen LogP contribution in [0.1, 0.15) is 43.5 Å². The molecule has 6 heteroatoms. The topological polar surface area (TPSA) is 41.6 Å². The first-order valence-electron chi connectivity index (χ1n) is 8.00. The van der Waals surface area contributed by atoms with E-state index in [1.807, 2.05) is 6.07 Å². The number of hydrogen-bond acceptors (Lipinski definition) is 3. The smallest absolute Gasteiger partial charge is 0.257 e. The number of hydrogen-bond donors (Lipinski definition) is 1. The van der Waals surface area contributed by atoms with E-state index >= 15 is 0 Å². The van der Waals surface area contributed by atoms with Gasteiger partial charge in [0.05, 0.1) is 11.1 Å². The molecule has 1 saturated heterocycles. The number of halogens is 1. The zero-order valence-corrected chi connectivity index (χ0v) is 16.0. The second kappa shape index (κ2) is 8.64. The Labute approximate surface area is 151 Å². The molecule has 1 aromatic carbocycles. The van der Waals surface area contributed by atoms with Crippen LogP contribution >= 0.6 is 28.1 Å². The molecular formula is C17H23BrN2O2S. The van der Waals surface area contributed by atoms with Gasteiger partial charge in [-0.1, -0.05) is 13.8 Å². The Kier molecular flexibility index (Phi) is 6.84. The van der Waals surface area contributed by atoms with Gasteiger partial charge >= 0.3 is 0 Å². The molecule has 0 aliphatic carbocycles. The zero-order valence-electron chi connectivity index (χ0n) is 13.6. The van der Waals surface area contributed by atoms with Gasteiger partial charge in [-0.15, -0.1) is 0 Å². The van der Waals surface area contributed by atoms with Crippen LogP contribution in [0.5, 0.6) is 5.75 Å². The normalized spacial score (nSPS) is 14.7. The Morgan fingerprint density at radius 2 is 2.04 bits per heavy atom. The molecule has 0 atom stereocenters. The van der Waals surface area contributed by atoms with Crippen molar-refractivity contribution in [3.8, 4) is 5.75 Å². The number of amides is 1. The highest BCUT2D eigenvalue weighted by Crippen LogP contribution is 2.26. The van der Waals surface area contributed by atoms with Crippen molar-refractivity contribution in [3.05, 3.63) is 28.2 Å². The predicted octanol–water partition coefficient (Wildman–Crippen LogP) is 3.98. The molecule has 4 nitrogen and oxygen atoms in total. The lowest BCUT2D eigenvalue weighted by Crippen LogP contribution is -2.44. The third kappa shape index (κ3) is 5.46. The fourth-order valence-corrected chi connectivity index (χ4v) is 3.13. The lowest BCUT2D eigenvalue weighted by molar-refractivity contribution is 0.0972. The average Bonchev–Trinajstić information content (AvgIpc) is 2.54. The first-order valence-corrected chi connectivity index (χ1v) is 9.20. The van der Waals surface area contributed by atoms with Crippen molar-refractivity contribution < 1.29 is 9.53 Å². The quantitative estimate of drug-likeness (QED) is 0.778. The van der Waals surface area contributed by atoms with Crippen LogP contribution in [0, 0.1) is 5.92 Å². The van der Waals surface area contributed by atoms with Crippen LogP contribution in [0.3, 0.4) is 0 Å². The van der Waals surface area contributed by atoms with Crippen molar-refractivity contribution in [1.82, 2.24) is 10.2 Å². The van der Waals surface area contributed by atoms with Gasteiger partial charge in [0, 0.05) is 18.7 Å². The number of rotatable bonds is 4. The zero-order chi connectivity index (χ0) is 16.8. The number of benzene rings is 1. The Bertz CT molecular complexity index is 572. The maximum absolute atomic E-state index is 12.3. The average molecular weight is 399 g/mol. The summed E-state index contributed by atoms with van der Waals surface area (Å²) < 4.78 is 6.47. The fraction of sp³-hybridized carbons (Fsp3) is 0.529. The minimum atomic E-state index is -0.184. The molecule has 0 radical (unpaired) electrons. The number of nitrogens with one attached hydrogen (secondary N) is 1. The standard InChI is InChI=1S/C17H23BrN2O2S/c1-12(2)11-22-15-7-6-13(10-14(15)18)16(21)19-17(23)20-8-4-3-5-9-20/h6-7,10,12H,3-5,8-9,11H2,1-2H3,(H,19,21,23). The first kappa shape index (κ1) is 18.2. The van der Waals surface area contributed by atoms with Gasteiger partial charge in [-0.3, -0.25) is 10.1 Å². The number of likely N-dealkylation sites (tertiary alicyclic amines) is 1. The summed E-state index contributed by atoms with van der Waals surface area (Å²) in [7, 11) is 0. The Morgan fingerprint density at radius 3 is 2.65 bits per heavy atom. The van der Waals surface area contributed by atoms with E-state index in [-0.39, 0.29) is 5.91 Å². The van der Waals surface area contributed by atoms with E-state index in [0.29, 0.717) is 23.2 Å². The van der Waals surface area contributed by atoms with E-state index in [1.165, 1.54) is 6.42 Å². The molecule has 126 valence electrons. The molecule has 0 aromatic heterocycles. The third-order valence-electron chi connectivity index (χ3n) is 3.63. The van der Waals surface area contributed by atoms with E-state index in [9.17, 15) is 4.79 Å². The molecule has 0 saturated carbocycles. The monoisotopic (exact) mass is 398 g/mol. The Balaban J connectivity index is 1.96. The molecule has 0 spiro atoms. The summed E-state index contributed by atoms with van der Waals surface area (Å²) in [5.41, 5.74) is 0.563. The number of nitrogens with zero attached hydrogens (tertiary/aromatic N) is 1. The van der Waals surface area contributed by atoms with Crippen LogP contribution in [-0.4, -0.2) is 35.6 Å². The van der Waals surface area contributed by atoms with Gasteiger partial charge in [-0.05, 0) is 71.5 Å². The summed E-state index contributed by atoms with van der Waals surface area (Å²) in [5, 5.41) is 3.34. The van der Waals surface area contributed by atoms with Crippen LogP contribution in [0.4, 0.5) is 0 Å². The van der Waals surface area contributed by atoms with Gasteiger partial charge in [-0.25, -0.2) is 0 Å². The second-order valence-corrected chi connectivity index (χ2v) is 7.40. The maximum atomic E-state index is 12.3. The van der Waals surface area contributed by atoms with Gasteiger partial charge in [0.1, 0.15) is 5.75 Å². The molecule has 0 bridgehead atoms. The van der Waals surface area contributed by atoms with Crippen LogP contribution in [0.25, 0.3) is 0 Å². The van der Waals surface area contributed by atoms with Crippen molar-refractivity contribution in [2.75, 3.05) is 19.7 Å². The van der Waals surface area contributed by atoms with Crippen molar-refractivity contribution >= 4 is 39.2 Å². The number of piperidine rings is 1. The summed E-state index contributed by atoms with van der Waals surface area (Å²) in [4.78, 5) is 14.4. The van der Waals surface area contributed by atoms with Crippen LogP contribution < -0.4 is 10.1 Å². The summed E-state index contributed by atoms with van der Waals surface area (Å²) in [6, 6.07) is 5.34. The molecular weight excluding hydrogens is 376 g/mol. The highest BCUT2D eigenvalue weighted by molar-refractivity contribution is 9.10. The van der Waals surface area contributed by atoms with Crippen LogP contribution in [-0.2, 0) is 0 Å². The fourth-order valence-electron chi connectivity index (χ4n) is 2.36. The third-order valence-corrected chi connectivity index (χ3v) is 4.61. The summed E-state index contributed by atoms with van der Waals surface area (Å²) in [5.74, 6) is 1.01. The van der Waals surface area contributed by atoms with Crippen molar-refractivity contribution in [2.45, 2.75) is 33.1 Å². The highest BCUT2D eigenvalue weighted by atomic mass is 79.9. The molecule has 1 N–H and O–H groups in total. The van der Waals surface area contributed by atoms with Gasteiger partial charge in [0.25, 0.3) is 5.91 Å². The number of ether oxygens (including phenoxy) is 1. The molecule has 1 amide bonds. The Morgan fingerprint density at radius 1 is 1.35 bits per heavy atom. The molecule has 1 aliphatic rings. The number of carbonyl (C=O) groups is 1. The predicted molar refractivity (Wildman–Crippen MR) is 100.0 cm³/mol. The Hall–Kier alpha value is -1.14. The number of thiocarbonyl (C=S) groups is 1. The maximum Gasteiger partial charge on any atom is 0.257 e. The van der Waals surface area contributed by atoms with Gasteiger partial charge < -0.3 is 9.64 Å². The molecule has 0 unspecified atom stereocenters. The highest BCUT2D eigenvalue weighted by Gasteiger charge is 2.17. The van der Waals surface area contributed by atoms with E-state index < -0.39 is 0 Å². The molecule has 1 aliphatic heterocycles. The summed E-state index contributed by atoms with van der Waals surface area (Å²) in [6.07, 6.45) is 3.49. The largest absolute Gasteiger partial charge is 0.492 e. The van der Waals surface area contributed by atoms with Crippen molar-refractivity contribution in [2.24, 2.45) is 5.92 Å². The van der Waals surface area contributed by atoms with Crippen LogP contribution in [0.15, 0.2) is 22.7 Å². The molecule has 1 fully saturated rings. The van der Waals surface area contributed by atoms with Crippen molar-refractivity contribution in [3.63, 3.8) is 0 Å². The number of carbonyl (C=O) groups excluding carboxylic acids is 1. The molecule has 1 aromatic rings. The van der Waals surface area contributed by atoms with Gasteiger partial charge in [0.15, 0.2) is 5.11 Å². The lowest BCUT2D eigenvalue weighted by atomic mass is 10.1. The van der Waals surface area contributed by atoms with Gasteiger partial charge in [0.2, 0.25) is 0 Å². The van der Waals surface area contributed by atoms with Gasteiger partial charge in [-0.2, -0.15) is 0 Å². The first-order chi connectivity index (χ1) is 11.0. The second-order valence-electron chi connectivity index (χ2n) is 6.16. The molecule has 2 rings (SSSR count). The van der Waals surface area contributed by atoms with Crippen molar-refractivity contribution in [1.29, 1.82) is 0 Å². The van der Waals surface area contributed by atoms with E-state index in [1.54, 1.807) is 12.1 Å². The SMILES string of the molecule is CC(C)COc1ccc(C(=O)NC(=S)N2CCCCC2)cc1Br. The van der Waals surface area contributed by atoms with Crippen LogP contribution in [0.2, 0.25) is 0 Å². The minimum Gasteiger partial charge on any atom is -0.492 e. The summed E-state index contributed by atoms with van der Waals surface area (Å²) >= 11 is 8.80.